The molecule has 7 heteroatoms. The highest BCUT2D eigenvalue weighted by Gasteiger charge is 2.18. The molecule has 0 radical (unpaired) electrons. The van der Waals surface area contributed by atoms with E-state index in [1.807, 2.05) is 54.6 Å². The lowest BCUT2D eigenvalue weighted by molar-refractivity contribution is 0.249. The van der Waals surface area contributed by atoms with Crippen LogP contribution in [0.3, 0.4) is 0 Å². The van der Waals surface area contributed by atoms with Gasteiger partial charge in [-0.15, -0.1) is 0 Å². The van der Waals surface area contributed by atoms with Crippen molar-refractivity contribution in [2.75, 3.05) is 11.9 Å². The van der Waals surface area contributed by atoms with E-state index in [0.717, 1.165) is 16.6 Å². The number of nitrogens with zero attached hydrogens (tertiary/aromatic N) is 2. The first-order chi connectivity index (χ1) is 15.0. The fraction of sp³-hybridized carbons (Fsp3) is 0.250. The van der Waals surface area contributed by atoms with Gasteiger partial charge in [-0.1, -0.05) is 61.8 Å². The highest BCUT2D eigenvalue weighted by molar-refractivity contribution is 6.30. The van der Waals surface area contributed by atoms with E-state index in [9.17, 15) is 5.11 Å². The minimum atomic E-state index is -0.122. The van der Waals surface area contributed by atoms with Crippen LogP contribution in [0.2, 0.25) is 5.02 Å². The third-order valence-corrected chi connectivity index (χ3v) is 5.32. The third-order valence-electron chi connectivity index (χ3n) is 5.09. The second-order valence-corrected chi connectivity index (χ2v) is 8.18. The Bertz CT molecular complexity index is 1160. The lowest BCUT2D eigenvalue weighted by atomic mass is 10.1. The summed E-state index contributed by atoms with van der Waals surface area (Å²) < 4.78 is 5.87. The van der Waals surface area contributed by atoms with Crippen molar-refractivity contribution < 1.29 is 9.84 Å². The molecule has 0 saturated heterocycles. The molecule has 0 amide bonds. The van der Waals surface area contributed by atoms with Crippen LogP contribution >= 0.6 is 11.6 Å². The molecule has 0 saturated carbocycles. The van der Waals surface area contributed by atoms with Crippen molar-refractivity contribution in [3.05, 3.63) is 71.4 Å². The normalized spacial score (nSPS) is 12.3. The van der Waals surface area contributed by atoms with Gasteiger partial charge in [0.25, 0.3) is 0 Å². The SMILES string of the molecule is CC(C)[C@H](CO)Nc1nc(-c2ccccc2)nc2[nH]c(COc3cccc(Cl)c3)cc12. The molecule has 31 heavy (non-hydrogen) atoms. The number of aromatic amines is 1. The molecule has 2 heterocycles. The molecule has 4 aromatic rings. The standard InChI is InChI=1S/C24H25ClN4O2/c1-15(2)21(13-30)27-24-20-12-18(14-31-19-10-6-9-17(25)11-19)26-23(20)28-22(29-24)16-7-4-3-5-8-16/h3-12,15,21,30H,13-14H2,1-2H3,(H2,26,27,28,29)/t21-/m0/s1. The third kappa shape index (κ3) is 4.98. The number of aliphatic hydroxyl groups is 1. The molecule has 0 unspecified atom stereocenters. The Kier molecular flexibility index (Phi) is 6.39. The summed E-state index contributed by atoms with van der Waals surface area (Å²) >= 11 is 6.04. The molecule has 0 aliphatic rings. The zero-order valence-electron chi connectivity index (χ0n) is 17.5. The molecule has 3 N–H and O–H groups in total. The number of fused-ring (bicyclic) bond motifs is 1. The molecular weight excluding hydrogens is 412 g/mol. The number of anilines is 1. The topological polar surface area (TPSA) is 83.1 Å². The summed E-state index contributed by atoms with van der Waals surface area (Å²) in [6.07, 6.45) is 0. The van der Waals surface area contributed by atoms with Crippen molar-refractivity contribution in [2.45, 2.75) is 26.5 Å². The molecule has 0 spiro atoms. The number of ether oxygens (including phenoxy) is 1. The lowest BCUT2D eigenvalue weighted by Gasteiger charge is -2.21. The second-order valence-electron chi connectivity index (χ2n) is 7.74. The smallest absolute Gasteiger partial charge is 0.163 e. The minimum Gasteiger partial charge on any atom is -0.487 e. The van der Waals surface area contributed by atoms with E-state index in [4.69, 9.17) is 26.3 Å². The van der Waals surface area contributed by atoms with Crippen molar-refractivity contribution in [3.8, 4) is 17.1 Å². The fourth-order valence-electron chi connectivity index (χ4n) is 3.28. The van der Waals surface area contributed by atoms with Gasteiger partial charge in [0.15, 0.2) is 5.82 Å². The number of aromatic nitrogens is 3. The van der Waals surface area contributed by atoms with Crippen molar-refractivity contribution in [1.82, 2.24) is 15.0 Å². The molecular formula is C24H25ClN4O2. The van der Waals surface area contributed by atoms with E-state index < -0.39 is 0 Å². The molecule has 6 nitrogen and oxygen atoms in total. The number of benzene rings is 2. The van der Waals surface area contributed by atoms with E-state index in [-0.39, 0.29) is 18.6 Å². The van der Waals surface area contributed by atoms with Crippen LogP contribution in [0.5, 0.6) is 5.75 Å². The molecule has 160 valence electrons. The zero-order chi connectivity index (χ0) is 21.8. The molecule has 2 aromatic carbocycles. The Morgan fingerprint density at radius 1 is 1.06 bits per heavy atom. The Labute approximate surface area is 186 Å². The second kappa shape index (κ2) is 9.37. The van der Waals surface area contributed by atoms with Crippen LogP contribution in [0, 0.1) is 5.92 Å². The van der Waals surface area contributed by atoms with Gasteiger partial charge in [-0.2, -0.15) is 0 Å². The fourth-order valence-corrected chi connectivity index (χ4v) is 3.46. The Morgan fingerprint density at radius 2 is 1.87 bits per heavy atom. The predicted octanol–water partition coefficient (Wildman–Crippen LogP) is 5.29. The monoisotopic (exact) mass is 436 g/mol. The van der Waals surface area contributed by atoms with Gasteiger partial charge in [0, 0.05) is 10.6 Å². The molecule has 4 rings (SSSR count). The molecule has 2 aromatic heterocycles. The highest BCUT2D eigenvalue weighted by atomic mass is 35.5. The molecule has 1 atom stereocenters. The Hall–Kier alpha value is -3.09. The van der Waals surface area contributed by atoms with Gasteiger partial charge in [-0.05, 0) is 30.2 Å². The predicted molar refractivity (Wildman–Crippen MR) is 124 cm³/mol. The van der Waals surface area contributed by atoms with Gasteiger partial charge in [-0.25, -0.2) is 9.97 Å². The summed E-state index contributed by atoms with van der Waals surface area (Å²) in [6, 6.07) is 19.0. The van der Waals surface area contributed by atoms with Crippen molar-refractivity contribution in [3.63, 3.8) is 0 Å². The Morgan fingerprint density at radius 3 is 2.58 bits per heavy atom. The number of aliphatic hydroxyl groups excluding tert-OH is 1. The van der Waals surface area contributed by atoms with Crippen LogP contribution in [0.1, 0.15) is 19.5 Å². The van der Waals surface area contributed by atoms with E-state index in [1.165, 1.54) is 0 Å². The summed E-state index contributed by atoms with van der Waals surface area (Å²) in [5.74, 6) is 2.22. The van der Waals surface area contributed by atoms with Crippen LogP contribution in [-0.4, -0.2) is 32.7 Å². The zero-order valence-corrected chi connectivity index (χ0v) is 18.2. The van der Waals surface area contributed by atoms with Gasteiger partial charge >= 0.3 is 0 Å². The number of hydrogen-bond donors (Lipinski definition) is 3. The molecule has 0 bridgehead atoms. The maximum Gasteiger partial charge on any atom is 0.163 e. The summed E-state index contributed by atoms with van der Waals surface area (Å²) in [6.45, 7) is 4.47. The number of hydrogen-bond acceptors (Lipinski definition) is 5. The van der Waals surface area contributed by atoms with E-state index in [2.05, 4.69) is 24.1 Å². The maximum absolute atomic E-state index is 9.81. The van der Waals surface area contributed by atoms with Crippen LogP contribution in [0.4, 0.5) is 5.82 Å². The number of H-pyrrole nitrogens is 1. The minimum absolute atomic E-state index is 0.0129. The number of halogens is 1. The van der Waals surface area contributed by atoms with E-state index in [0.29, 0.717) is 34.7 Å². The van der Waals surface area contributed by atoms with Crippen LogP contribution in [-0.2, 0) is 6.61 Å². The molecule has 0 aliphatic carbocycles. The summed E-state index contributed by atoms with van der Waals surface area (Å²) in [5.41, 5.74) is 2.49. The average molecular weight is 437 g/mol. The largest absolute Gasteiger partial charge is 0.487 e. The molecule has 0 fully saturated rings. The first kappa shape index (κ1) is 21.2. The van der Waals surface area contributed by atoms with E-state index in [1.54, 1.807) is 6.07 Å². The van der Waals surface area contributed by atoms with Crippen molar-refractivity contribution in [1.29, 1.82) is 0 Å². The summed E-state index contributed by atoms with van der Waals surface area (Å²) in [7, 11) is 0. The van der Waals surface area contributed by atoms with Crippen LogP contribution in [0.25, 0.3) is 22.4 Å². The maximum atomic E-state index is 9.81. The van der Waals surface area contributed by atoms with E-state index >= 15 is 0 Å². The van der Waals surface area contributed by atoms with Crippen LogP contribution in [0.15, 0.2) is 60.7 Å². The van der Waals surface area contributed by atoms with Crippen molar-refractivity contribution in [2.24, 2.45) is 5.92 Å². The van der Waals surface area contributed by atoms with Crippen LogP contribution < -0.4 is 10.1 Å². The summed E-state index contributed by atoms with van der Waals surface area (Å²) in [4.78, 5) is 12.8. The van der Waals surface area contributed by atoms with Crippen molar-refractivity contribution >= 4 is 28.5 Å². The van der Waals surface area contributed by atoms with Gasteiger partial charge in [0.2, 0.25) is 0 Å². The average Bonchev–Trinajstić information content (AvgIpc) is 3.19. The number of nitrogens with one attached hydrogen (secondary N) is 2. The molecule has 0 aliphatic heterocycles. The lowest BCUT2D eigenvalue weighted by Crippen LogP contribution is -2.30. The van der Waals surface area contributed by atoms with Gasteiger partial charge in [0.05, 0.1) is 23.7 Å². The Balaban J connectivity index is 1.70. The van der Waals surface area contributed by atoms with Gasteiger partial charge in [-0.3, -0.25) is 0 Å². The summed E-state index contributed by atoms with van der Waals surface area (Å²) in [5, 5.41) is 14.7. The quantitative estimate of drug-likeness (QED) is 0.349. The first-order valence-corrected chi connectivity index (χ1v) is 10.6. The number of rotatable bonds is 8. The highest BCUT2D eigenvalue weighted by Crippen LogP contribution is 2.27. The van der Waals surface area contributed by atoms with Gasteiger partial charge in [0.1, 0.15) is 23.8 Å². The van der Waals surface area contributed by atoms with Gasteiger partial charge < -0.3 is 20.1 Å². The first-order valence-electron chi connectivity index (χ1n) is 10.2.